The van der Waals surface area contributed by atoms with E-state index in [0.29, 0.717) is 11.5 Å². The fourth-order valence-corrected chi connectivity index (χ4v) is 2.36. The van der Waals surface area contributed by atoms with Gasteiger partial charge in [-0.15, -0.1) is 0 Å². The third-order valence-electron chi connectivity index (χ3n) is 3.56. The molecule has 100 valence electrons. The van der Waals surface area contributed by atoms with E-state index in [-0.39, 0.29) is 0 Å². The molecule has 0 spiro atoms. The molecule has 1 atom stereocenters. The van der Waals surface area contributed by atoms with E-state index in [1.54, 1.807) is 6.33 Å². The Hall–Kier alpha value is -1.00. The highest BCUT2D eigenvalue weighted by atomic mass is 15.2. The van der Waals surface area contributed by atoms with E-state index in [2.05, 4.69) is 41.0 Å². The van der Waals surface area contributed by atoms with E-state index < -0.39 is 0 Å². The van der Waals surface area contributed by atoms with Crippen LogP contribution < -0.4 is 5.32 Å². The highest BCUT2D eigenvalue weighted by molar-refractivity contribution is 4.98. The minimum absolute atomic E-state index is 0.300. The van der Waals surface area contributed by atoms with Crippen LogP contribution in [0, 0.1) is 5.41 Å². The Morgan fingerprint density at radius 2 is 2.28 bits per heavy atom. The summed E-state index contributed by atoms with van der Waals surface area (Å²) in [4.78, 5) is 10.8. The van der Waals surface area contributed by atoms with Crippen molar-refractivity contribution in [2.75, 3.05) is 19.6 Å². The molecule has 0 saturated carbocycles. The SMILES string of the molecule is CC(C)(C)C1CN(Cc2ccncn2)CCCN1. The van der Waals surface area contributed by atoms with Crippen molar-refractivity contribution in [1.82, 2.24) is 20.2 Å². The van der Waals surface area contributed by atoms with Crippen LogP contribution in [0.4, 0.5) is 0 Å². The minimum Gasteiger partial charge on any atom is -0.312 e. The summed E-state index contributed by atoms with van der Waals surface area (Å²) in [5, 5.41) is 3.66. The molecule has 0 bridgehead atoms. The monoisotopic (exact) mass is 248 g/mol. The normalized spacial score (nSPS) is 22.7. The lowest BCUT2D eigenvalue weighted by Gasteiger charge is -2.33. The number of aromatic nitrogens is 2. The van der Waals surface area contributed by atoms with Crippen LogP contribution in [0.5, 0.6) is 0 Å². The lowest BCUT2D eigenvalue weighted by atomic mass is 9.86. The maximum atomic E-state index is 4.32. The van der Waals surface area contributed by atoms with Crippen LogP contribution >= 0.6 is 0 Å². The van der Waals surface area contributed by atoms with Crippen LogP contribution in [0.1, 0.15) is 32.9 Å². The zero-order valence-corrected chi connectivity index (χ0v) is 11.7. The first-order valence-corrected chi connectivity index (χ1v) is 6.76. The second-order valence-electron chi connectivity index (χ2n) is 6.16. The third-order valence-corrected chi connectivity index (χ3v) is 3.56. The number of nitrogens with one attached hydrogen (secondary N) is 1. The molecular weight excluding hydrogens is 224 g/mol. The molecule has 18 heavy (non-hydrogen) atoms. The van der Waals surface area contributed by atoms with Crippen molar-refractivity contribution >= 4 is 0 Å². The first-order chi connectivity index (χ1) is 8.55. The number of nitrogens with zero attached hydrogens (tertiary/aromatic N) is 3. The Bertz CT molecular complexity index is 358. The van der Waals surface area contributed by atoms with Gasteiger partial charge >= 0.3 is 0 Å². The van der Waals surface area contributed by atoms with E-state index in [0.717, 1.165) is 31.9 Å². The summed E-state index contributed by atoms with van der Waals surface area (Å²) in [7, 11) is 0. The van der Waals surface area contributed by atoms with Crippen LogP contribution in [0.2, 0.25) is 0 Å². The average Bonchev–Trinajstić information content (AvgIpc) is 2.55. The zero-order chi connectivity index (χ0) is 13.0. The first kappa shape index (κ1) is 13.4. The molecule has 2 rings (SSSR count). The molecule has 1 N–H and O–H groups in total. The third kappa shape index (κ3) is 3.75. The predicted octanol–water partition coefficient (Wildman–Crippen LogP) is 1.69. The molecular formula is C14H24N4. The fraction of sp³-hybridized carbons (Fsp3) is 0.714. The Morgan fingerprint density at radius 3 is 2.94 bits per heavy atom. The first-order valence-electron chi connectivity index (χ1n) is 6.76. The van der Waals surface area contributed by atoms with Crippen molar-refractivity contribution in [3.8, 4) is 0 Å². The Kier molecular flexibility index (Phi) is 4.30. The van der Waals surface area contributed by atoms with Crippen molar-refractivity contribution in [3.05, 3.63) is 24.3 Å². The van der Waals surface area contributed by atoms with Gasteiger partial charge in [0, 0.05) is 25.3 Å². The molecule has 2 heterocycles. The van der Waals surface area contributed by atoms with E-state index in [1.807, 2.05) is 12.3 Å². The van der Waals surface area contributed by atoms with E-state index in [9.17, 15) is 0 Å². The average molecular weight is 248 g/mol. The molecule has 1 aliphatic rings. The number of rotatable bonds is 2. The lowest BCUT2D eigenvalue weighted by molar-refractivity contribution is 0.190. The molecule has 4 heteroatoms. The van der Waals surface area contributed by atoms with Gasteiger partial charge in [-0.05, 0) is 31.0 Å². The van der Waals surface area contributed by atoms with Gasteiger partial charge in [-0.25, -0.2) is 9.97 Å². The standard InChI is InChI=1S/C14H24N4/c1-14(2,3)13-10-18(8-4-6-16-13)9-12-5-7-15-11-17-12/h5,7,11,13,16H,4,6,8-10H2,1-3H3. The molecule has 4 nitrogen and oxygen atoms in total. The van der Waals surface area contributed by atoms with Gasteiger partial charge in [0.2, 0.25) is 0 Å². The molecule has 1 saturated heterocycles. The molecule has 0 aliphatic carbocycles. The van der Waals surface area contributed by atoms with Gasteiger partial charge in [-0.1, -0.05) is 20.8 Å². The largest absolute Gasteiger partial charge is 0.312 e. The molecule has 1 aliphatic heterocycles. The molecule has 1 aromatic rings. The quantitative estimate of drug-likeness (QED) is 0.864. The second-order valence-corrected chi connectivity index (χ2v) is 6.16. The van der Waals surface area contributed by atoms with Gasteiger partial charge in [0.05, 0.1) is 5.69 Å². The summed E-state index contributed by atoms with van der Waals surface area (Å²) in [6.07, 6.45) is 4.66. The van der Waals surface area contributed by atoms with Gasteiger partial charge in [0.1, 0.15) is 6.33 Å². The van der Waals surface area contributed by atoms with E-state index in [4.69, 9.17) is 0 Å². The van der Waals surface area contributed by atoms with Crippen molar-refractivity contribution in [3.63, 3.8) is 0 Å². The number of hydrogen-bond donors (Lipinski definition) is 1. The van der Waals surface area contributed by atoms with Crippen LogP contribution in [0.3, 0.4) is 0 Å². The van der Waals surface area contributed by atoms with Crippen molar-refractivity contribution in [2.24, 2.45) is 5.41 Å². The Morgan fingerprint density at radius 1 is 1.44 bits per heavy atom. The van der Waals surface area contributed by atoms with Crippen molar-refractivity contribution in [2.45, 2.75) is 39.8 Å². The van der Waals surface area contributed by atoms with Gasteiger partial charge in [-0.2, -0.15) is 0 Å². The van der Waals surface area contributed by atoms with E-state index in [1.165, 1.54) is 6.42 Å². The van der Waals surface area contributed by atoms with Gasteiger partial charge in [0.25, 0.3) is 0 Å². The Balaban J connectivity index is 1.99. The minimum atomic E-state index is 0.300. The summed E-state index contributed by atoms with van der Waals surface area (Å²) >= 11 is 0. The number of hydrogen-bond acceptors (Lipinski definition) is 4. The van der Waals surface area contributed by atoms with Crippen molar-refractivity contribution in [1.29, 1.82) is 0 Å². The van der Waals surface area contributed by atoms with Gasteiger partial charge in [0.15, 0.2) is 0 Å². The molecule has 0 amide bonds. The topological polar surface area (TPSA) is 41.1 Å². The maximum Gasteiger partial charge on any atom is 0.115 e. The summed E-state index contributed by atoms with van der Waals surface area (Å²) in [5.74, 6) is 0. The lowest BCUT2D eigenvalue weighted by Crippen LogP contribution is -2.46. The maximum absolute atomic E-state index is 4.32. The summed E-state index contributed by atoms with van der Waals surface area (Å²) in [6, 6.07) is 2.55. The molecule has 0 aromatic carbocycles. The highest BCUT2D eigenvalue weighted by Crippen LogP contribution is 2.22. The van der Waals surface area contributed by atoms with Gasteiger partial charge < -0.3 is 5.32 Å². The van der Waals surface area contributed by atoms with E-state index >= 15 is 0 Å². The smallest absolute Gasteiger partial charge is 0.115 e. The van der Waals surface area contributed by atoms with Gasteiger partial charge in [-0.3, -0.25) is 4.90 Å². The molecule has 1 aromatic heterocycles. The summed E-state index contributed by atoms with van der Waals surface area (Å²) in [6.45, 7) is 11.2. The molecule has 0 radical (unpaired) electrons. The fourth-order valence-electron chi connectivity index (χ4n) is 2.36. The Labute approximate surface area is 110 Å². The summed E-state index contributed by atoms with van der Waals surface area (Å²) < 4.78 is 0. The van der Waals surface area contributed by atoms with Crippen molar-refractivity contribution < 1.29 is 0 Å². The summed E-state index contributed by atoms with van der Waals surface area (Å²) in [5.41, 5.74) is 1.41. The highest BCUT2D eigenvalue weighted by Gasteiger charge is 2.27. The van der Waals surface area contributed by atoms with Crippen LogP contribution in [-0.2, 0) is 6.54 Å². The zero-order valence-electron chi connectivity index (χ0n) is 11.7. The van der Waals surface area contributed by atoms with Crippen LogP contribution in [0.15, 0.2) is 18.6 Å². The van der Waals surface area contributed by atoms with Crippen LogP contribution in [-0.4, -0.2) is 40.5 Å². The van der Waals surface area contributed by atoms with Crippen LogP contribution in [0.25, 0.3) is 0 Å². The second kappa shape index (κ2) is 5.76. The molecule has 1 fully saturated rings. The molecule has 1 unspecified atom stereocenters. The predicted molar refractivity (Wildman–Crippen MR) is 73.2 cm³/mol.